The van der Waals surface area contributed by atoms with Crippen LogP contribution in [-0.2, 0) is 4.74 Å². The van der Waals surface area contributed by atoms with Gasteiger partial charge >= 0.3 is 0 Å². The Bertz CT molecular complexity index is 366. The number of rotatable bonds is 5. The van der Waals surface area contributed by atoms with E-state index in [1.54, 1.807) is 26.2 Å². The Labute approximate surface area is 94.6 Å². The normalized spacial score (nSPS) is 10.2. The Morgan fingerprint density at radius 1 is 1.50 bits per heavy atom. The van der Waals surface area contributed by atoms with Crippen LogP contribution in [-0.4, -0.2) is 26.2 Å². The van der Waals surface area contributed by atoms with E-state index in [1.165, 1.54) is 6.07 Å². The monoisotopic (exact) mass is 225 g/mol. The number of methoxy groups -OCH3 is 1. The molecule has 0 fully saturated rings. The van der Waals surface area contributed by atoms with Crippen LogP contribution in [0.1, 0.15) is 22.3 Å². The van der Waals surface area contributed by atoms with Gasteiger partial charge in [-0.3, -0.25) is 4.79 Å². The van der Waals surface area contributed by atoms with Gasteiger partial charge in [0.05, 0.1) is 5.56 Å². The third-order valence-electron chi connectivity index (χ3n) is 2.25. The van der Waals surface area contributed by atoms with Crippen molar-refractivity contribution in [3.05, 3.63) is 35.1 Å². The second-order valence-electron chi connectivity index (χ2n) is 3.54. The van der Waals surface area contributed by atoms with E-state index in [0.29, 0.717) is 18.7 Å². The van der Waals surface area contributed by atoms with Gasteiger partial charge in [0.25, 0.3) is 5.91 Å². The Kier molecular flexibility index (Phi) is 4.92. The van der Waals surface area contributed by atoms with Gasteiger partial charge in [0, 0.05) is 20.3 Å². The van der Waals surface area contributed by atoms with Gasteiger partial charge < -0.3 is 10.1 Å². The fraction of sp³-hybridized carbons (Fsp3) is 0.417. The lowest BCUT2D eigenvalue weighted by atomic mass is 10.1. The zero-order valence-corrected chi connectivity index (χ0v) is 9.55. The first-order chi connectivity index (χ1) is 7.66. The highest BCUT2D eigenvalue weighted by atomic mass is 19.1. The fourth-order valence-electron chi connectivity index (χ4n) is 1.34. The summed E-state index contributed by atoms with van der Waals surface area (Å²) in [7, 11) is 1.60. The van der Waals surface area contributed by atoms with Crippen LogP contribution in [0.3, 0.4) is 0 Å². The highest BCUT2D eigenvalue weighted by Crippen LogP contribution is 2.11. The van der Waals surface area contributed by atoms with E-state index in [4.69, 9.17) is 4.74 Å². The number of nitrogens with one attached hydrogen (secondary N) is 1. The standard InChI is InChI=1S/C12H16FNO2/c1-9-5-3-6-10(11(9)13)12(15)14-7-4-8-16-2/h3,5-6H,4,7-8H2,1-2H3,(H,14,15). The number of carbonyl (C=O) groups is 1. The van der Waals surface area contributed by atoms with Gasteiger partial charge in [-0.2, -0.15) is 0 Å². The maximum absolute atomic E-state index is 13.5. The van der Waals surface area contributed by atoms with Gasteiger partial charge in [-0.05, 0) is 25.0 Å². The van der Waals surface area contributed by atoms with Crippen LogP contribution in [0.2, 0.25) is 0 Å². The van der Waals surface area contributed by atoms with Crippen molar-refractivity contribution in [2.45, 2.75) is 13.3 Å². The van der Waals surface area contributed by atoms with E-state index >= 15 is 0 Å². The number of halogens is 1. The Balaban J connectivity index is 2.56. The smallest absolute Gasteiger partial charge is 0.254 e. The largest absolute Gasteiger partial charge is 0.385 e. The van der Waals surface area contributed by atoms with Crippen LogP contribution >= 0.6 is 0 Å². The minimum atomic E-state index is -0.452. The molecule has 0 atom stereocenters. The molecule has 0 radical (unpaired) electrons. The molecular weight excluding hydrogens is 209 g/mol. The van der Waals surface area contributed by atoms with Gasteiger partial charge in [0.15, 0.2) is 0 Å². The third kappa shape index (κ3) is 3.31. The number of aryl methyl sites for hydroxylation is 1. The summed E-state index contributed by atoms with van der Waals surface area (Å²) in [4.78, 5) is 11.6. The molecule has 1 amide bonds. The minimum absolute atomic E-state index is 0.0948. The van der Waals surface area contributed by atoms with E-state index in [9.17, 15) is 9.18 Å². The van der Waals surface area contributed by atoms with Crippen molar-refractivity contribution in [2.75, 3.05) is 20.3 Å². The Morgan fingerprint density at radius 3 is 2.94 bits per heavy atom. The molecule has 0 aliphatic carbocycles. The lowest BCUT2D eigenvalue weighted by molar-refractivity contribution is 0.0944. The number of hydrogen-bond donors (Lipinski definition) is 1. The van der Waals surface area contributed by atoms with E-state index < -0.39 is 5.82 Å². The Morgan fingerprint density at radius 2 is 2.25 bits per heavy atom. The molecule has 0 aromatic heterocycles. The number of benzene rings is 1. The van der Waals surface area contributed by atoms with Gasteiger partial charge in [-0.25, -0.2) is 4.39 Å². The molecule has 1 N–H and O–H groups in total. The van der Waals surface area contributed by atoms with Crippen LogP contribution in [0.4, 0.5) is 4.39 Å². The number of carbonyl (C=O) groups excluding carboxylic acids is 1. The van der Waals surface area contributed by atoms with E-state index in [2.05, 4.69) is 5.32 Å². The zero-order valence-electron chi connectivity index (χ0n) is 9.55. The number of amides is 1. The molecule has 16 heavy (non-hydrogen) atoms. The minimum Gasteiger partial charge on any atom is -0.385 e. The molecule has 88 valence electrons. The molecule has 1 aromatic rings. The van der Waals surface area contributed by atoms with Crippen LogP contribution in [0, 0.1) is 12.7 Å². The van der Waals surface area contributed by atoms with E-state index in [1.807, 2.05) is 0 Å². The lowest BCUT2D eigenvalue weighted by Crippen LogP contribution is -2.26. The Hall–Kier alpha value is -1.42. The summed E-state index contributed by atoms with van der Waals surface area (Å²) in [6.45, 7) is 2.70. The molecule has 0 saturated heterocycles. The van der Waals surface area contributed by atoms with E-state index in [-0.39, 0.29) is 11.5 Å². The van der Waals surface area contributed by atoms with Crippen molar-refractivity contribution in [3.8, 4) is 0 Å². The van der Waals surface area contributed by atoms with Gasteiger partial charge in [-0.15, -0.1) is 0 Å². The second-order valence-corrected chi connectivity index (χ2v) is 3.54. The fourth-order valence-corrected chi connectivity index (χ4v) is 1.34. The first-order valence-electron chi connectivity index (χ1n) is 5.19. The summed E-state index contributed by atoms with van der Waals surface area (Å²) in [6.07, 6.45) is 0.718. The van der Waals surface area contributed by atoms with Crippen LogP contribution in [0.15, 0.2) is 18.2 Å². The molecular formula is C12H16FNO2. The maximum atomic E-state index is 13.5. The van der Waals surface area contributed by atoms with Gasteiger partial charge in [0.1, 0.15) is 5.82 Å². The third-order valence-corrected chi connectivity index (χ3v) is 2.25. The topological polar surface area (TPSA) is 38.3 Å². The molecule has 0 heterocycles. The van der Waals surface area contributed by atoms with Crippen LogP contribution in [0.5, 0.6) is 0 Å². The summed E-state index contributed by atoms with van der Waals surface area (Å²) in [5.74, 6) is -0.830. The SMILES string of the molecule is COCCCNC(=O)c1cccc(C)c1F. The van der Waals surface area contributed by atoms with Crippen LogP contribution in [0.25, 0.3) is 0 Å². The highest BCUT2D eigenvalue weighted by Gasteiger charge is 2.11. The molecule has 3 nitrogen and oxygen atoms in total. The predicted octanol–water partition coefficient (Wildman–Crippen LogP) is 1.90. The van der Waals surface area contributed by atoms with Crippen molar-refractivity contribution >= 4 is 5.91 Å². The second kappa shape index (κ2) is 6.23. The van der Waals surface area contributed by atoms with Crippen molar-refractivity contribution in [2.24, 2.45) is 0 Å². The van der Waals surface area contributed by atoms with Crippen molar-refractivity contribution in [1.29, 1.82) is 0 Å². The summed E-state index contributed by atoms with van der Waals surface area (Å²) in [5.41, 5.74) is 0.571. The first kappa shape index (κ1) is 12.6. The summed E-state index contributed by atoms with van der Waals surface area (Å²) >= 11 is 0. The summed E-state index contributed by atoms with van der Waals surface area (Å²) < 4.78 is 18.4. The number of ether oxygens (including phenoxy) is 1. The highest BCUT2D eigenvalue weighted by molar-refractivity contribution is 5.94. The maximum Gasteiger partial charge on any atom is 0.254 e. The lowest BCUT2D eigenvalue weighted by Gasteiger charge is -2.06. The van der Waals surface area contributed by atoms with E-state index in [0.717, 1.165) is 6.42 Å². The van der Waals surface area contributed by atoms with Crippen molar-refractivity contribution in [1.82, 2.24) is 5.32 Å². The molecule has 0 aliphatic rings. The quantitative estimate of drug-likeness (QED) is 0.777. The number of hydrogen-bond acceptors (Lipinski definition) is 2. The zero-order chi connectivity index (χ0) is 12.0. The van der Waals surface area contributed by atoms with Crippen molar-refractivity contribution < 1.29 is 13.9 Å². The molecule has 0 bridgehead atoms. The molecule has 0 unspecified atom stereocenters. The molecule has 1 aromatic carbocycles. The van der Waals surface area contributed by atoms with Gasteiger partial charge in [-0.1, -0.05) is 12.1 Å². The first-order valence-corrected chi connectivity index (χ1v) is 5.19. The average molecular weight is 225 g/mol. The summed E-state index contributed by atoms with van der Waals surface area (Å²) in [6, 6.07) is 4.79. The average Bonchev–Trinajstić information content (AvgIpc) is 2.28. The summed E-state index contributed by atoms with van der Waals surface area (Å²) in [5, 5.41) is 2.64. The molecule has 1 rings (SSSR count). The molecule has 0 spiro atoms. The predicted molar refractivity (Wildman–Crippen MR) is 60.0 cm³/mol. The molecule has 0 aliphatic heterocycles. The van der Waals surface area contributed by atoms with Gasteiger partial charge in [0.2, 0.25) is 0 Å². The molecule has 0 saturated carbocycles. The molecule has 4 heteroatoms. The van der Waals surface area contributed by atoms with Crippen molar-refractivity contribution in [3.63, 3.8) is 0 Å². The van der Waals surface area contributed by atoms with Crippen LogP contribution < -0.4 is 5.32 Å².